The third-order valence-electron chi connectivity index (χ3n) is 3.20. The summed E-state index contributed by atoms with van der Waals surface area (Å²) < 4.78 is 0. The van der Waals surface area contributed by atoms with Crippen molar-refractivity contribution in [3.63, 3.8) is 0 Å². The molecule has 0 radical (unpaired) electrons. The highest BCUT2D eigenvalue weighted by molar-refractivity contribution is 6.84. The summed E-state index contributed by atoms with van der Waals surface area (Å²) in [5, 5.41) is 14.0. The molecule has 0 bridgehead atoms. The van der Waals surface area contributed by atoms with E-state index in [1.165, 1.54) is 5.20 Å². The Bertz CT molecular complexity index is 389. The first-order valence-corrected chi connectivity index (χ1v) is 10.2. The zero-order valence-corrected chi connectivity index (χ0v) is 13.7. The zero-order valence-electron chi connectivity index (χ0n) is 12.7. The molecule has 0 aromatic carbocycles. The average molecular weight is 264 g/mol. The largest absolute Gasteiger partial charge is 0.860 e. The molecule has 0 N–H and O–H groups in total. The molecule has 1 rings (SSSR count). The highest BCUT2D eigenvalue weighted by atomic mass is 28.3. The summed E-state index contributed by atoms with van der Waals surface area (Å²) >= 11 is 0. The van der Waals surface area contributed by atoms with E-state index < -0.39 is 8.07 Å². The van der Waals surface area contributed by atoms with Crippen LogP contribution in [0.25, 0.3) is 0 Å². The summed E-state index contributed by atoms with van der Waals surface area (Å²) in [7, 11) is -1.45. The van der Waals surface area contributed by atoms with Gasteiger partial charge in [0.15, 0.2) is 0 Å². The third-order valence-corrected chi connectivity index (χ3v) is 5.25. The number of hydrogen-bond donors (Lipinski definition) is 0. The van der Waals surface area contributed by atoms with Crippen LogP contribution in [0.3, 0.4) is 0 Å². The van der Waals surface area contributed by atoms with Crippen LogP contribution in [0.2, 0.25) is 19.6 Å². The van der Waals surface area contributed by atoms with Crippen molar-refractivity contribution in [2.75, 3.05) is 0 Å². The van der Waals surface area contributed by atoms with Crippen LogP contribution in [0.5, 0.6) is 0 Å². The average Bonchev–Trinajstić information content (AvgIpc) is 2.63. The molecule has 1 aliphatic rings. The lowest BCUT2D eigenvalue weighted by Crippen LogP contribution is -2.42. The lowest BCUT2D eigenvalue weighted by Gasteiger charge is -2.41. The Kier molecular flexibility index (Phi) is 4.49. The van der Waals surface area contributed by atoms with Crippen molar-refractivity contribution >= 4 is 8.07 Å². The van der Waals surface area contributed by atoms with E-state index in [1.54, 1.807) is 0 Å². The van der Waals surface area contributed by atoms with Gasteiger partial charge in [-0.05, 0) is 39.2 Å². The van der Waals surface area contributed by atoms with Gasteiger partial charge < -0.3 is 10.0 Å². The summed E-state index contributed by atoms with van der Waals surface area (Å²) in [5.74, 6) is 0.183. The van der Waals surface area contributed by atoms with Crippen molar-refractivity contribution in [3.05, 3.63) is 34.9 Å². The smallest absolute Gasteiger partial charge is 0.0784 e. The number of rotatable bonds is 4. The minimum Gasteiger partial charge on any atom is -0.860 e. The molecule has 3 heteroatoms. The highest BCUT2D eigenvalue weighted by Crippen LogP contribution is 2.30. The van der Waals surface area contributed by atoms with Gasteiger partial charge in [-0.2, -0.15) is 0 Å². The second-order valence-corrected chi connectivity index (χ2v) is 11.5. The molecule has 1 aliphatic carbocycles. The maximum Gasteiger partial charge on any atom is 0.0784 e. The van der Waals surface area contributed by atoms with Gasteiger partial charge in [-0.15, -0.1) is 0 Å². The molecule has 0 saturated carbocycles. The SMILES string of the molecule is CC(C)N(/C([O-])=C1\C=CC=C1[Si](C)(C)C)C(C)C. The van der Waals surface area contributed by atoms with Crippen molar-refractivity contribution in [1.29, 1.82) is 0 Å². The quantitative estimate of drug-likeness (QED) is 0.576. The van der Waals surface area contributed by atoms with Gasteiger partial charge in [-0.25, -0.2) is 0 Å². The van der Waals surface area contributed by atoms with Crippen molar-refractivity contribution in [1.82, 2.24) is 4.90 Å². The molecule has 102 valence electrons. The first-order chi connectivity index (χ1) is 8.16. The van der Waals surface area contributed by atoms with E-state index in [0.717, 1.165) is 5.57 Å². The molecule has 0 aliphatic heterocycles. The number of hydrogen-bond acceptors (Lipinski definition) is 2. The van der Waals surface area contributed by atoms with E-state index in [4.69, 9.17) is 0 Å². The van der Waals surface area contributed by atoms with Gasteiger partial charge in [0.1, 0.15) is 0 Å². The molecule has 0 heterocycles. The predicted octanol–water partition coefficient (Wildman–Crippen LogP) is 3.05. The Morgan fingerprint density at radius 3 is 2.00 bits per heavy atom. The van der Waals surface area contributed by atoms with E-state index in [9.17, 15) is 5.11 Å². The maximum atomic E-state index is 12.7. The second kappa shape index (κ2) is 5.35. The molecule has 2 nitrogen and oxygen atoms in total. The van der Waals surface area contributed by atoms with Gasteiger partial charge in [0, 0.05) is 12.1 Å². The fourth-order valence-corrected chi connectivity index (χ4v) is 4.06. The van der Waals surface area contributed by atoms with E-state index in [1.807, 2.05) is 17.1 Å². The first-order valence-electron chi connectivity index (χ1n) is 6.75. The second-order valence-electron chi connectivity index (χ2n) is 6.50. The molecule has 0 atom stereocenters. The Morgan fingerprint density at radius 2 is 1.61 bits per heavy atom. The molecule has 0 saturated heterocycles. The van der Waals surface area contributed by atoms with Crippen LogP contribution in [0.15, 0.2) is 34.9 Å². The number of nitrogens with zero attached hydrogens (tertiary/aromatic N) is 1. The molecule has 0 aromatic rings. The minimum absolute atomic E-state index is 0.183. The summed E-state index contributed by atoms with van der Waals surface area (Å²) in [6.07, 6.45) is 6.12. The lowest BCUT2D eigenvalue weighted by atomic mass is 10.2. The van der Waals surface area contributed by atoms with Crippen LogP contribution in [0.1, 0.15) is 27.7 Å². The van der Waals surface area contributed by atoms with Crippen molar-refractivity contribution in [2.45, 2.75) is 59.4 Å². The highest BCUT2D eigenvalue weighted by Gasteiger charge is 2.25. The maximum absolute atomic E-state index is 12.7. The molecular formula is C15H26NOSi-. The normalized spacial score (nSPS) is 18.6. The monoisotopic (exact) mass is 264 g/mol. The first kappa shape index (κ1) is 15.1. The van der Waals surface area contributed by atoms with Crippen LogP contribution >= 0.6 is 0 Å². The zero-order chi connectivity index (χ0) is 14.1. The molecular weight excluding hydrogens is 238 g/mol. The van der Waals surface area contributed by atoms with Crippen LogP contribution in [-0.2, 0) is 0 Å². The minimum atomic E-state index is -1.45. The van der Waals surface area contributed by atoms with E-state index in [0.29, 0.717) is 0 Å². The fourth-order valence-electron chi connectivity index (χ4n) is 2.47. The van der Waals surface area contributed by atoms with Crippen molar-refractivity contribution in [3.8, 4) is 0 Å². The van der Waals surface area contributed by atoms with Gasteiger partial charge in [-0.3, -0.25) is 0 Å². The van der Waals surface area contributed by atoms with Crippen molar-refractivity contribution in [2.24, 2.45) is 0 Å². The summed E-state index contributed by atoms with van der Waals surface area (Å²) in [4.78, 5) is 1.97. The van der Waals surface area contributed by atoms with Crippen LogP contribution in [-0.4, -0.2) is 25.1 Å². The molecule has 0 unspecified atom stereocenters. The molecule has 0 amide bonds. The van der Waals surface area contributed by atoms with E-state index in [2.05, 4.69) is 53.4 Å². The van der Waals surface area contributed by atoms with Gasteiger partial charge in [0.2, 0.25) is 0 Å². The third kappa shape index (κ3) is 3.08. The fraction of sp³-hybridized carbons (Fsp3) is 0.600. The van der Waals surface area contributed by atoms with Crippen LogP contribution in [0.4, 0.5) is 0 Å². The topological polar surface area (TPSA) is 26.3 Å². The van der Waals surface area contributed by atoms with Gasteiger partial charge >= 0.3 is 0 Å². The van der Waals surface area contributed by atoms with E-state index in [-0.39, 0.29) is 18.0 Å². The summed E-state index contributed by atoms with van der Waals surface area (Å²) in [6, 6.07) is 0.476. The van der Waals surface area contributed by atoms with Gasteiger partial charge in [-0.1, -0.05) is 43.1 Å². The number of allylic oxidation sites excluding steroid dienone is 5. The Morgan fingerprint density at radius 1 is 1.11 bits per heavy atom. The van der Waals surface area contributed by atoms with Crippen LogP contribution < -0.4 is 5.11 Å². The van der Waals surface area contributed by atoms with Gasteiger partial charge in [0.05, 0.1) is 8.07 Å². The lowest BCUT2D eigenvalue weighted by molar-refractivity contribution is -0.338. The molecule has 0 aromatic heterocycles. The Labute approximate surface area is 113 Å². The van der Waals surface area contributed by atoms with Crippen molar-refractivity contribution < 1.29 is 5.11 Å². The standard InChI is InChI=1S/C15H27NOSi/c1-11(2)16(12(3)4)15(17)13-9-8-10-14(13)18(5,6)7/h8-12,17H,1-7H3/p-1/b15-13-. The van der Waals surface area contributed by atoms with Crippen LogP contribution in [0, 0.1) is 0 Å². The Balaban J connectivity index is 3.20. The molecule has 0 spiro atoms. The summed E-state index contributed by atoms with van der Waals surface area (Å²) in [6.45, 7) is 15.2. The molecule has 18 heavy (non-hydrogen) atoms. The molecule has 0 fully saturated rings. The predicted molar refractivity (Wildman–Crippen MR) is 79.7 cm³/mol. The summed E-state index contributed by atoms with van der Waals surface area (Å²) in [5.41, 5.74) is 0.913. The van der Waals surface area contributed by atoms with E-state index >= 15 is 0 Å². The van der Waals surface area contributed by atoms with Gasteiger partial charge in [0.25, 0.3) is 0 Å². The Hall–Kier alpha value is -0.963.